The first kappa shape index (κ1) is 24.7. The normalized spacial score (nSPS) is 13.8. The lowest BCUT2D eigenvalue weighted by atomic mass is 9.91. The molecule has 0 N–H and O–H groups in total. The van der Waals surface area contributed by atoms with Crippen molar-refractivity contribution in [2.45, 2.75) is 6.92 Å². The van der Waals surface area contributed by atoms with Crippen LogP contribution in [0.15, 0.2) is 194 Å². The summed E-state index contributed by atoms with van der Waals surface area (Å²) >= 11 is 0. The second-order valence-electron chi connectivity index (χ2n) is 13.8. The monoisotopic (exact) mass is 738 g/mol. The number of benzene rings is 8. The van der Waals surface area contributed by atoms with E-state index in [1.165, 1.54) is 0 Å². The Kier molecular flexibility index (Phi) is 5.76. The van der Waals surface area contributed by atoms with Crippen LogP contribution >= 0.6 is 0 Å². The van der Waals surface area contributed by atoms with Gasteiger partial charge in [-0.2, -0.15) is 9.97 Å². The van der Waals surface area contributed by atoms with Gasteiger partial charge >= 0.3 is 0 Å². The van der Waals surface area contributed by atoms with Crippen LogP contribution in [-0.4, -0.2) is 24.1 Å². The third-order valence-corrected chi connectivity index (χ3v) is 10.5. The first-order chi connectivity index (χ1) is 31.9. The molecule has 3 heterocycles. The van der Waals surface area contributed by atoms with Crippen molar-refractivity contribution in [2.24, 2.45) is 0 Å². The quantitative estimate of drug-likeness (QED) is 0.171. The fraction of sp³-hybridized carbons (Fsp3) is 0.0192. The van der Waals surface area contributed by atoms with Crippen molar-refractivity contribution >= 4 is 43.6 Å². The van der Waals surface area contributed by atoms with Gasteiger partial charge < -0.3 is 4.57 Å². The lowest BCUT2D eigenvalue weighted by Crippen LogP contribution is -2.07. The fourth-order valence-corrected chi connectivity index (χ4v) is 8.00. The van der Waals surface area contributed by atoms with Crippen LogP contribution in [-0.2, 0) is 0 Å². The Labute approximate surface area is 342 Å². The van der Waals surface area contributed by atoms with Gasteiger partial charge in [0, 0.05) is 38.4 Å². The largest absolute Gasteiger partial charge is 0.307 e. The third-order valence-electron chi connectivity index (χ3n) is 10.5. The highest BCUT2D eigenvalue weighted by atomic mass is 15.2. The summed E-state index contributed by atoms with van der Waals surface area (Å²) in [5.74, 6) is 1.37. The van der Waals surface area contributed by atoms with Gasteiger partial charge in [-0.05, 0) is 59.0 Å². The van der Waals surface area contributed by atoms with Crippen LogP contribution in [0.3, 0.4) is 0 Å². The van der Waals surface area contributed by atoms with E-state index >= 15 is 0 Å². The molecule has 268 valence electrons. The van der Waals surface area contributed by atoms with Crippen molar-refractivity contribution in [3.05, 3.63) is 199 Å². The zero-order valence-corrected chi connectivity index (χ0v) is 30.5. The number of rotatable bonds is 6. The van der Waals surface area contributed by atoms with Gasteiger partial charge in [0.15, 0.2) is 11.6 Å². The minimum atomic E-state index is -0.550. The van der Waals surface area contributed by atoms with Gasteiger partial charge in [0.1, 0.15) is 0 Å². The molecule has 5 heteroatoms. The van der Waals surface area contributed by atoms with Gasteiger partial charge in [0.2, 0.25) is 5.95 Å². The molecule has 0 bridgehead atoms. The molecule has 0 saturated heterocycles. The summed E-state index contributed by atoms with van der Waals surface area (Å²) in [7, 11) is 0. The molecule has 3 aromatic heterocycles. The molecule has 5 nitrogen and oxygen atoms in total. The number of hydrogen-bond donors (Lipinski definition) is 0. The average Bonchev–Trinajstić information content (AvgIpc) is 3.88. The molecule has 57 heavy (non-hydrogen) atoms. The zero-order chi connectivity index (χ0) is 45.7. The molecule has 11 aromatic rings. The van der Waals surface area contributed by atoms with Crippen LogP contribution in [0.1, 0.15) is 17.9 Å². The van der Waals surface area contributed by atoms with E-state index in [1.807, 2.05) is 109 Å². The summed E-state index contributed by atoms with van der Waals surface area (Å²) < 4.78 is 83.1. The molecular formula is C52H35N5. The third kappa shape index (κ3) is 5.35. The van der Waals surface area contributed by atoms with Crippen LogP contribution in [0, 0.1) is 6.92 Å². The number of hydrogen-bond acceptors (Lipinski definition) is 3. The topological polar surface area (TPSA) is 48.5 Å². The first-order valence-corrected chi connectivity index (χ1v) is 18.6. The highest BCUT2D eigenvalue weighted by Gasteiger charge is 2.24. The highest BCUT2D eigenvalue weighted by Crippen LogP contribution is 2.43. The Bertz CT molecular complexity index is 3710. The molecule has 0 fully saturated rings. The molecule has 0 unspecified atom stereocenters. The summed E-state index contributed by atoms with van der Waals surface area (Å²) in [5, 5.41) is 3.71. The van der Waals surface area contributed by atoms with Crippen LogP contribution in [0.25, 0.3) is 100 Å². The van der Waals surface area contributed by atoms with Crippen molar-refractivity contribution in [3.8, 4) is 56.7 Å². The van der Waals surface area contributed by atoms with Gasteiger partial charge in [-0.3, -0.25) is 4.57 Å². The predicted molar refractivity (Wildman–Crippen MR) is 235 cm³/mol. The van der Waals surface area contributed by atoms with Crippen molar-refractivity contribution in [1.82, 2.24) is 24.1 Å². The SMILES string of the molecule is [2H]c1c([2H])c([2H])c(-c2cc(-n3c4ccccc4c4ccc5c6ccccc6n(-c6nc(-c7ccccc7)nc(-c7ccccc7)n6)c5c43)ccc2-c2c([2H])c([2H])c([2H])c([2H])c2C)c([2H])c1[2H]. The number of para-hydroxylation sites is 2. The lowest BCUT2D eigenvalue weighted by Gasteiger charge is -2.17. The molecule has 0 saturated carbocycles. The number of aromatic nitrogens is 5. The van der Waals surface area contributed by atoms with Crippen LogP contribution in [0.4, 0.5) is 0 Å². The molecule has 8 aromatic carbocycles. The van der Waals surface area contributed by atoms with Gasteiger partial charge in [-0.25, -0.2) is 4.98 Å². The van der Waals surface area contributed by atoms with E-state index in [9.17, 15) is 0 Å². The molecule has 0 atom stereocenters. The summed E-state index contributed by atoms with van der Waals surface area (Å²) in [4.78, 5) is 15.4. The highest BCUT2D eigenvalue weighted by molar-refractivity contribution is 6.23. The lowest BCUT2D eigenvalue weighted by molar-refractivity contribution is 0.953. The van der Waals surface area contributed by atoms with E-state index in [2.05, 4.69) is 27.3 Å². The Balaban J connectivity index is 1.30. The maximum absolute atomic E-state index is 9.16. The van der Waals surface area contributed by atoms with Crippen LogP contribution in [0.2, 0.25) is 0 Å². The van der Waals surface area contributed by atoms with Crippen LogP contribution < -0.4 is 0 Å². The van der Waals surface area contributed by atoms with Crippen molar-refractivity contribution in [2.75, 3.05) is 0 Å². The maximum atomic E-state index is 9.16. The zero-order valence-electron chi connectivity index (χ0n) is 39.5. The fourth-order valence-electron chi connectivity index (χ4n) is 8.00. The minimum absolute atomic E-state index is 0.100. The summed E-state index contributed by atoms with van der Waals surface area (Å²) in [6, 6.07) is 41.3. The number of nitrogens with zero attached hydrogens (tertiary/aromatic N) is 5. The molecule has 0 aliphatic carbocycles. The van der Waals surface area contributed by atoms with E-state index in [0.29, 0.717) is 23.3 Å². The Hall–Kier alpha value is -7.63. The Morgan fingerprint density at radius 2 is 0.965 bits per heavy atom. The molecule has 0 spiro atoms. The molecule has 0 aliphatic rings. The van der Waals surface area contributed by atoms with Gasteiger partial charge in [-0.1, -0.05) is 170 Å². The molecule has 11 rings (SSSR count). The van der Waals surface area contributed by atoms with Gasteiger partial charge in [-0.15, -0.1) is 0 Å². The smallest absolute Gasteiger partial charge is 0.238 e. The minimum Gasteiger partial charge on any atom is -0.307 e. The Morgan fingerprint density at radius 3 is 1.61 bits per heavy atom. The molecule has 0 radical (unpaired) electrons. The van der Waals surface area contributed by atoms with Crippen molar-refractivity contribution < 1.29 is 12.3 Å². The van der Waals surface area contributed by atoms with Crippen LogP contribution in [0.5, 0.6) is 0 Å². The summed E-state index contributed by atoms with van der Waals surface area (Å²) in [6.45, 7) is 1.60. The predicted octanol–water partition coefficient (Wildman–Crippen LogP) is 13.0. The summed E-state index contributed by atoms with van der Waals surface area (Å²) in [6.07, 6.45) is 0. The van der Waals surface area contributed by atoms with Crippen molar-refractivity contribution in [3.63, 3.8) is 0 Å². The van der Waals surface area contributed by atoms with E-state index in [1.54, 1.807) is 19.1 Å². The molecular weight excluding hydrogens is 695 g/mol. The standard InChI is InChI=1S/C52H35N5/c1-34-17-11-12-24-39(34)40-30-29-38(33-45(40)35-18-5-2-6-19-35)56-46-27-15-13-25-41(46)43-31-32-44-42-26-14-16-28-47(42)57(49(44)48(43)56)52-54-50(36-20-7-3-8-21-36)53-51(55-52)37-22-9-4-10-23-37/h2-33H,1H3/i2D,5D,6D,11D,12D,17D,18D,19D,24D. The van der Waals surface area contributed by atoms with E-state index in [0.717, 1.165) is 54.7 Å². The van der Waals surface area contributed by atoms with Gasteiger partial charge in [0.25, 0.3) is 0 Å². The van der Waals surface area contributed by atoms with E-state index in [4.69, 9.17) is 27.3 Å². The Morgan fingerprint density at radius 1 is 0.421 bits per heavy atom. The second kappa shape index (κ2) is 13.3. The summed E-state index contributed by atoms with van der Waals surface area (Å²) in [5.41, 5.74) is 6.25. The maximum Gasteiger partial charge on any atom is 0.238 e. The first-order valence-electron chi connectivity index (χ1n) is 23.1. The molecule has 0 aliphatic heterocycles. The van der Waals surface area contributed by atoms with E-state index in [-0.39, 0.29) is 39.9 Å². The van der Waals surface area contributed by atoms with Crippen molar-refractivity contribution in [1.29, 1.82) is 0 Å². The number of fused-ring (bicyclic) bond motifs is 7. The second-order valence-corrected chi connectivity index (χ2v) is 13.8. The average molecular weight is 739 g/mol. The molecule has 0 amide bonds. The van der Waals surface area contributed by atoms with Gasteiger partial charge in [0.05, 0.1) is 34.4 Å². The van der Waals surface area contributed by atoms with E-state index < -0.39 is 42.3 Å².